The smallest absolute Gasteiger partial charge is 2.00 e. The summed E-state index contributed by atoms with van der Waals surface area (Å²) in [5, 5.41) is 0. The number of rotatable bonds is 0. The molecule has 4 heteroatoms. The van der Waals surface area contributed by atoms with E-state index in [4.69, 9.17) is 0 Å². The van der Waals surface area contributed by atoms with E-state index >= 15 is 0 Å². The van der Waals surface area contributed by atoms with Gasteiger partial charge in [-0.05, 0) is 0 Å². The molecule has 0 spiro atoms. The second-order valence-electron chi connectivity index (χ2n) is 0. The Morgan fingerprint density at radius 3 is 1.00 bits per heavy atom. The SMILES string of the molecule is [Ce+3].[Cu+2].[Fe+2].[O-2]. The first kappa shape index (κ1) is 32.6. The molecular weight excluding hydrogens is 276 g/mol. The third-order valence-corrected chi connectivity index (χ3v) is 0. The molecule has 0 atom stereocenters. The van der Waals surface area contributed by atoms with E-state index < -0.39 is 0 Å². The second-order valence-corrected chi connectivity index (χ2v) is 0. The van der Waals surface area contributed by atoms with Crippen molar-refractivity contribution in [3.63, 3.8) is 0 Å². The number of hydrogen-bond donors (Lipinski definition) is 0. The van der Waals surface area contributed by atoms with Crippen molar-refractivity contribution >= 4 is 0 Å². The molecule has 0 bridgehead atoms. The largest absolute Gasteiger partial charge is 3.00 e. The maximum Gasteiger partial charge on any atom is 3.00 e. The summed E-state index contributed by atoms with van der Waals surface area (Å²) >= 11 is 0. The van der Waals surface area contributed by atoms with E-state index in [9.17, 15) is 0 Å². The topological polar surface area (TPSA) is 28.5 Å². The first-order valence-electron chi connectivity index (χ1n) is 0. The Morgan fingerprint density at radius 2 is 1.00 bits per heavy atom. The van der Waals surface area contributed by atoms with Crippen LogP contribution in [-0.2, 0) is 39.6 Å². The fourth-order valence-corrected chi connectivity index (χ4v) is 0. The Balaban J connectivity index is 0. The van der Waals surface area contributed by atoms with Crippen LogP contribution in [0, 0.1) is 41.7 Å². The van der Waals surface area contributed by atoms with Gasteiger partial charge in [0.1, 0.15) is 0 Å². The van der Waals surface area contributed by atoms with Crippen LogP contribution in [0.2, 0.25) is 0 Å². The van der Waals surface area contributed by atoms with E-state index in [0.29, 0.717) is 0 Å². The van der Waals surface area contributed by atoms with E-state index in [-0.39, 0.29) is 81.4 Å². The third kappa shape index (κ3) is 8.83. The van der Waals surface area contributed by atoms with Gasteiger partial charge in [0.25, 0.3) is 0 Å². The average molecular weight is 276 g/mol. The van der Waals surface area contributed by atoms with Gasteiger partial charge in [0.15, 0.2) is 0 Å². The summed E-state index contributed by atoms with van der Waals surface area (Å²) in [6, 6.07) is 0. The summed E-state index contributed by atoms with van der Waals surface area (Å²) < 4.78 is 0. The predicted molar refractivity (Wildman–Crippen MR) is 0.686 cm³/mol. The Labute approximate surface area is 79.9 Å². The molecule has 4 heavy (non-hydrogen) atoms. The molecule has 0 aromatic rings. The Morgan fingerprint density at radius 1 is 1.00 bits per heavy atom. The van der Waals surface area contributed by atoms with Crippen LogP contribution in [0.1, 0.15) is 0 Å². The van der Waals surface area contributed by atoms with Crippen LogP contribution in [0.15, 0.2) is 0 Å². The van der Waals surface area contributed by atoms with Crippen molar-refractivity contribution < 1.29 is 81.4 Å². The van der Waals surface area contributed by atoms with Gasteiger partial charge in [-0.15, -0.1) is 0 Å². The molecule has 0 fully saturated rings. The molecule has 0 saturated heterocycles. The maximum absolute atomic E-state index is 0. The van der Waals surface area contributed by atoms with Gasteiger partial charge < -0.3 is 5.48 Å². The van der Waals surface area contributed by atoms with Crippen molar-refractivity contribution in [2.75, 3.05) is 0 Å². The Hall–Kier alpha value is 2.38. The van der Waals surface area contributed by atoms with E-state index in [1.165, 1.54) is 0 Å². The zero-order valence-corrected chi connectivity index (χ0v) is 6.75. The van der Waals surface area contributed by atoms with Crippen LogP contribution in [0.5, 0.6) is 0 Å². The molecule has 0 N–H and O–H groups in total. The summed E-state index contributed by atoms with van der Waals surface area (Å²) in [6.07, 6.45) is 0. The fraction of sp³-hybridized carbons (Fsp3) is 0. The zero-order chi connectivity index (χ0) is 0. The first-order chi connectivity index (χ1) is 0. The molecule has 0 aliphatic rings. The van der Waals surface area contributed by atoms with E-state index in [2.05, 4.69) is 0 Å². The van der Waals surface area contributed by atoms with Crippen molar-refractivity contribution in [1.82, 2.24) is 0 Å². The fourth-order valence-electron chi connectivity index (χ4n) is 0. The molecule has 2 radical (unpaired) electrons. The van der Waals surface area contributed by atoms with Crippen molar-refractivity contribution in [3.05, 3.63) is 0 Å². The predicted octanol–water partition coefficient (Wildman–Crippen LogP) is -0.124. The van der Waals surface area contributed by atoms with Crippen molar-refractivity contribution in [3.8, 4) is 0 Å². The molecule has 0 aromatic carbocycles. The Kier molecular flexibility index (Phi) is 149. The quantitative estimate of drug-likeness (QED) is 0.552. The molecule has 0 amide bonds. The van der Waals surface area contributed by atoms with Gasteiger partial charge in [-0.2, -0.15) is 0 Å². The van der Waals surface area contributed by atoms with E-state index in [0.717, 1.165) is 0 Å². The molecule has 0 rings (SSSR count). The minimum atomic E-state index is 0. The molecular formula is CeCuFeO+5. The molecule has 24 valence electrons. The summed E-state index contributed by atoms with van der Waals surface area (Å²) in [4.78, 5) is 0. The van der Waals surface area contributed by atoms with Crippen molar-refractivity contribution in [2.24, 2.45) is 0 Å². The molecule has 0 aromatic heterocycles. The standard InChI is InChI=1S/Ce.Cu.Fe.O/q+3;2*+2;-2. The van der Waals surface area contributed by atoms with Crippen molar-refractivity contribution in [2.45, 2.75) is 0 Å². The first-order valence-corrected chi connectivity index (χ1v) is 0. The molecule has 1 nitrogen and oxygen atoms in total. The zero-order valence-electron chi connectivity index (χ0n) is 1.56. The number of hydrogen-bond acceptors (Lipinski definition) is 0. The maximum atomic E-state index is 0. The van der Waals surface area contributed by atoms with Crippen LogP contribution in [0.25, 0.3) is 0 Å². The molecule has 0 aliphatic heterocycles. The minimum absolute atomic E-state index is 0. The monoisotopic (exact) mass is 275 g/mol. The molecule has 0 aliphatic carbocycles. The van der Waals surface area contributed by atoms with Gasteiger partial charge in [-0.1, -0.05) is 0 Å². The van der Waals surface area contributed by atoms with Gasteiger partial charge in [0.05, 0.1) is 0 Å². The summed E-state index contributed by atoms with van der Waals surface area (Å²) in [5.41, 5.74) is 0. The normalized spacial score (nSPS) is 0. The molecule has 0 unspecified atom stereocenters. The van der Waals surface area contributed by atoms with Crippen LogP contribution >= 0.6 is 0 Å². The van der Waals surface area contributed by atoms with E-state index in [1.807, 2.05) is 0 Å². The van der Waals surface area contributed by atoms with Crippen LogP contribution < -0.4 is 0 Å². The summed E-state index contributed by atoms with van der Waals surface area (Å²) in [7, 11) is 0. The Bertz CT molecular complexity index is 8.00. The van der Waals surface area contributed by atoms with Gasteiger partial charge in [-0.25, -0.2) is 0 Å². The minimum Gasteiger partial charge on any atom is -2.00 e. The summed E-state index contributed by atoms with van der Waals surface area (Å²) in [5.74, 6) is 0. The third-order valence-electron chi connectivity index (χ3n) is 0. The summed E-state index contributed by atoms with van der Waals surface area (Å²) in [6.45, 7) is 0. The van der Waals surface area contributed by atoms with Gasteiger partial charge in [0.2, 0.25) is 0 Å². The molecule has 0 heterocycles. The van der Waals surface area contributed by atoms with Crippen molar-refractivity contribution in [1.29, 1.82) is 0 Å². The van der Waals surface area contributed by atoms with Gasteiger partial charge in [0, 0.05) is 0 Å². The van der Waals surface area contributed by atoms with Crippen LogP contribution in [0.3, 0.4) is 0 Å². The van der Waals surface area contributed by atoms with Crippen LogP contribution in [-0.4, -0.2) is 0 Å². The van der Waals surface area contributed by atoms with Gasteiger partial charge >= 0.3 is 75.9 Å². The average Bonchev–Trinajstić information content (AvgIpc) is 0. The molecule has 0 saturated carbocycles. The second kappa shape index (κ2) is 18.2. The van der Waals surface area contributed by atoms with E-state index in [1.54, 1.807) is 0 Å². The van der Waals surface area contributed by atoms with Crippen LogP contribution in [0.4, 0.5) is 0 Å². The van der Waals surface area contributed by atoms with Gasteiger partial charge in [-0.3, -0.25) is 0 Å².